The van der Waals surface area contributed by atoms with Crippen LogP contribution in [-0.4, -0.2) is 63.8 Å². The van der Waals surface area contributed by atoms with E-state index in [2.05, 4.69) is 10.2 Å². The molecule has 126 valence electrons. The van der Waals surface area contributed by atoms with Crippen molar-refractivity contribution in [3.8, 4) is 11.5 Å². The van der Waals surface area contributed by atoms with E-state index in [9.17, 15) is 4.79 Å². The number of anilines is 1. The van der Waals surface area contributed by atoms with Gasteiger partial charge in [0.25, 0.3) is 0 Å². The molecule has 0 aliphatic carbocycles. The van der Waals surface area contributed by atoms with Gasteiger partial charge in [0.2, 0.25) is 5.91 Å². The second-order valence-electron chi connectivity index (χ2n) is 5.92. The van der Waals surface area contributed by atoms with Crippen molar-refractivity contribution in [3.63, 3.8) is 0 Å². The van der Waals surface area contributed by atoms with E-state index in [1.54, 1.807) is 7.11 Å². The van der Waals surface area contributed by atoms with E-state index in [4.69, 9.17) is 9.47 Å². The topological polar surface area (TPSA) is 54.0 Å². The van der Waals surface area contributed by atoms with Crippen molar-refractivity contribution in [2.75, 3.05) is 57.9 Å². The van der Waals surface area contributed by atoms with Crippen LogP contribution in [0.4, 0.5) is 5.69 Å². The first kappa shape index (κ1) is 16.1. The van der Waals surface area contributed by atoms with Crippen molar-refractivity contribution in [3.05, 3.63) is 18.2 Å². The lowest BCUT2D eigenvalue weighted by molar-refractivity contribution is -0.117. The number of benzene rings is 1. The van der Waals surface area contributed by atoms with Crippen LogP contribution >= 0.6 is 0 Å². The van der Waals surface area contributed by atoms with Crippen LogP contribution in [0.5, 0.6) is 11.5 Å². The highest BCUT2D eigenvalue weighted by Crippen LogP contribution is 2.33. The minimum Gasteiger partial charge on any atom is -0.493 e. The van der Waals surface area contributed by atoms with Gasteiger partial charge in [0.1, 0.15) is 6.61 Å². The molecule has 1 N–H and O–H groups in total. The molecule has 2 heterocycles. The fraction of sp³-hybridized carbons (Fsp3) is 0.588. The van der Waals surface area contributed by atoms with Crippen LogP contribution in [-0.2, 0) is 4.79 Å². The molecule has 2 fully saturated rings. The highest BCUT2D eigenvalue weighted by atomic mass is 16.5. The number of piperazine rings is 1. The predicted octanol–water partition coefficient (Wildman–Crippen LogP) is 1.11. The minimum atomic E-state index is 0.180. The summed E-state index contributed by atoms with van der Waals surface area (Å²) < 4.78 is 11.3. The summed E-state index contributed by atoms with van der Waals surface area (Å²) in [6.45, 7) is 6.55. The van der Waals surface area contributed by atoms with E-state index in [1.807, 2.05) is 23.1 Å². The van der Waals surface area contributed by atoms with Gasteiger partial charge in [-0.25, -0.2) is 0 Å². The van der Waals surface area contributed by atoms with E-state index >= 15 is 0 Å². The summed E-state index contributed by atoms with van der Waals surface area (Å²) in [6, 6.07) is 5.73. The summed E-state index contributed by atoms with van der Waals surface area (Å²) in [7, 11) is 1.63. The Kier molecular flexibility index (Phi) is 5.35. The Morgan fingerprint density at radius 1 is 1.17 bits per heavy atom. The quantitative estimate of drug-likeness (QED) is 0.851. The summed E-state index contributed by atoms with van der Waals surface area (Å²) in [5.74, 6) is 1.60. The molecule has 0 spiro atoms. The van der Waals surface area contributed by atoms with Crippen molar-refractivity contribution >= 4 is 11.6 Å². The molecule has 2 aliphatic rings. The Bertz CT molecular complexity index is 544. The highest BCUT2D eigenvalue weighted by molar-refractivity contribution is 5.95. The zero-order valence-corrected chi connectivity index (χ0v) is 13.7. The number of hydrogen-bond acceptors (Lipinski definition) is 5. The fourth-order valence-corrected chi connectivity index (χ4v) is 3.08. The van der Waals surface area contributed by atoms with Gasteiger partial charge in [0.05, 0.1) is 7.11 Å². The number of carbonyl (C=O) groups is 1. The number of carbonyl (C=O) groups excluding carboxylic acids is 1. The zero-order chi connectivity index (χ0) is 16.1. The lowest BCUT2D eigenvalue weighted by atomic mass is 10.2. The van der Waals surface area contributed by atoms with Crippen LogP contribution in [0.1, 0.15) is 12.8 Å². The number of nitrogens with one attached hydrogen (secondary N) is 1. The summed E-state index contributed by atoms with van der Waals surface area (Å²) in [6.07, 6.45) is 1.55. The standard InChI is InChI=1S/C17H25N3O3/c1-22-16-13-14(20-8-2-3-17(20)21)4-5-15(16)23-12-11-19-9-6-18-7-10-19/h4-5,13,18H,2-3,6-12H2,1H3. The van der Waals surface area contributed by atoms with E-state index in [-0.39, 0.29) is 5.91 Å². The van der Waals surface area contributed by atoms with Gasteiger partial charge in [0.15, 0.2) is 11.5 Å². The monoisotopic (exact) mass is 319 g/mol. The molecule has 6 nitrogen and oxygen atoms in total. The first-order valence-electron chi connectivity index (χ1n) is 8.32. The van der Waals surface area contributed by atoms with Crippen molar-refractivity contribution in [1.29, 1.82) is 0 Å². The number of nitrogens with zero attached hydrogens (tertiary/aromatic N) is 2. The molecule has 2 saturated heterocycles. The Hall–Kier alpha value is -1.79. The minimum absolute atomic E-state index is 0.180. The molecule has 1 aromatic carbocycles. The molecule has 0 aromatic heterocycles. The fourth-order valence-electron chi connectivity index (χ4n) is 3.08. The molecule has 0 saturated carbocycles. The molecule has 0 unspecified atom stereocenters. The largest absolute Gasteiger partial charge is 0.493 e. The number of ether oxygens (including phenoxy) is 2. The zero-order valence-electron chi connectivity index (χ0n) is 13.7. The van der Waals surface area contributed by atoms with Crippen LogP contribution in [0, 0.1) is 0 Å². The lowest BCUT2D eigenvalue weighted by Crippen LogP contribution is -2.44. The first-order valence-corrected chi connectivity index (χ1v) is 8.32. The van der Waals surface area contributed by atoms with Gasteiger partial charge < -0.3 is 19.7 Å². The molecule has 3 rings (SSSR count). The van der Waals surface area contributed by atoms with Crippen LogP contribution < -0.4 is 19.7 Å². The predicted molar refractivity (Wildman–Crippen MR) is 89.4 cm³/mol. The highest BCUT2D eigenvalue weighted by Gasteiger charge is 2.22. The second kappa shape index (κ2) is 7.66. The molecule has 23 heavy (non-hydrogen) atoms. The molecule has 6 heteroatoms. The number of methoxy groups -OCH3 is 1. The molecule has 1 aromatic rings. The van der Waals surface area contributed by atoms with Crippen molar-refractivity contribution in [2.45, 2.75) is 12.8 Å². The summed E-state index contributed by atoms with van der Waals surface area (Å²) in [5, 5.41) is 3.34. The Morgan fingerprint density at radius 2 is 2.00 bits per heavy atom. The Labute approximate surface area is 137 Å². The molecule has 0 bridgehead atoms. The van der Waals surface area contributed by atoms with Gasteiger partial charge >= 0.3 is 0 Å². The van der Waals surface area contributed by atoms with Gasteiger partial charge in [-0.05, 0) is 18.6 Å². The Morgan fingerprint density at radius 3 is 2.70 bits per heavy atom. The van der Waals surface area contributed by atoms with Gasteiger partial charge in [-0.15, -0.1) is 0 Å². The smallest absolute Gasteiger partial charge is 0.227 e. The SMILES string of the molecule is COc1cc(N2CCCC2=O)ccc1OCCN1CCNCC1. The van der Waals surface area contributed by atoms with E-state index < -0.39 is 0 Å². The maximum Gasteiger partial charge on any atom is 0.227 e. The van der Waals surface area contributed by atoms with Crippen LogP contribution in [0.3, 0.4) is 0 Å². The van der Waals surface area contributed by atoms with Crippen LogP contribution in [0.15, 0.2) is 18.2 Å². The van der Waals surface area contributed by atoms with E-state index in [0.29, 0.717) is 18.8 Å². The number of hydrogen-bond donors (Lipinski definition) is 1. The van der Waals surface area contributed by atoms with E-state index in [1.165, 1.54) is 0 Å². The third kappa shape index (κ3) is 3.95. The molecule has 0 atom stereocenters. The summed E-state index contributed by atoms with van der Waals surface area (Å²) in [4.78, 5) is 16.1. The van der Waals surface area contributed by atoms with Gasteiger partial charge in [-0.1, -0.05) is 0 Å². The van der Waals surface area contributed by atoms with Gasteiger partial charge in [-0.2, -0.15) is 0 Å². The first-order chi connectivity index (χ1) is 11.3. The van der Waals surface area contributed by atoms with Crippen LogP contribution in [0.25, 0.3) is 0 Å². The molecule has 2 aliphatic heterocycles. The normalized spacial score (nSPS) is 19.2. The van der Waals surface area contributed by atoms with Gasteiger partial charge in [-0.3, -0.25) is 9.69 Å². The van der Waals surface area contributed by atoms with Crippen LogP contribution in [0.2, 0.25) is 0 Å². The third-order valence-corrected chi connectivity index (χ3v) is 4.41. The van der Waals surface area contributed by atoms with E-state index in [0.717, 1.165) is 57.1 Å². The summed E-state index contributed by atoms with van der Waals surface area (Å²) in [5.41, 5.74) is 0.888. The maximum absolute atomic E-state index is 11.8. The summed E-state index contributed by atoms with van der Waals surface area (Å²) >= 11 is 0. The van der Waals surface area contributed by atoms with Crippen molar-refractivity contribution in [1.82, 2.24) is 10.2 Å². The van der Waals surface area contributed by atoms with Crippen molar-refractivity contribution < 1.29 is 14.3 Å². The Balaban J connectivity index is 1.59. The average molecular weight is 319 g/mol. The van der Waals surface area contributed by atoms with Crippen molar-refractivity contribution in [2.24, 2.45) is 0 Å². The lowest BCUT2D eigenvalue weighted by Gasteiger charge is -2.27. The molecular weight excluding hydrogens is 294 g/mol. The number of amides is 1. The third-order valence-electron chi connectivity index (χ3n) is 4.41. The number of rotatable bonds is 6. The average Bonchev–Trinajstić information content (AvgIpc) is 3.02. The molecule has 0 radical (unpaired) electrons. The maximum atomic E-state index is 11.8. The second-order valence-corrected chi connectivity index (χ2v) is 5.92. The molecule has 1 amide bonds. The van der Waals surface area contributed by atoms with Gasteiger partial charge in [0, 0.05) is 57.4 Å². The molecular formula is C17H25N3O3.